The van der Waals surface area contributed by atoms with E-state index in [1.807, 2.05) is 16.8 Å². The van der Waals surface area contributed by atoms with Crippen molar-refractivity contribution in [3.63, 3.8) is 0 Å². The number of aliphatic hydroxyl groups excluding tert-OH is 1. The Kier molecular flexibility index (Phi) is 3.46. The van der Waals surface area contributed by atoms with Crippen molar-refractivity contribution in [1.29, 1.82) is 0 Å². The van der Waals surface area contributed by atoms with Gasteiger partial charge in [0.05, 0.1) is 41.3 Å². The van der Waals surface area contributed by atoms with Gasteiger partial charge in [-0.15, -0.1) is 0 Å². The van der Waals surface area contributed by atoms with Crippen LogP contribution in [0.15, 0.2) is 36.8 Å². The molecule has 2 aliphatic heterocycles. The third-order valence-corrected chi connectivity index (χ3v) is 7.78. The molecule has 1 spiro atoms. The van der Waals surface area contributed by atoms with E-state index in [4.69, 9.17) is 0 Å². The van der Waals surface area contributed by atoms with Gasteiger partial charge in [0.1, 0.15) is 0 Å². The minimum Gasteiger partial charge on any atom is -0.392 e. The van der Waals surface area contributed by atoms with E-state index in [-0.39, 0.29) is 23.5 Å². The van der Waals surface area contributed by atoms with E-state index in [9.17, 15) is 9.32 Å². The van der Waals surface area contributed by atoms with E-state index in [0.29, 0.717) is 0 Å². The fraction of sp³-hybridized carbons (Fsp3) is 0.526. The molecule has 0 amide bonds. The summed E-state index contributed by atoms with van der Waals surface area (Å²) in [6, 6.07) is 8.68. The van der Waals surface area contributed by atoms with Crippen molar-refractivity contribution in [2.24, 2.45) is 11.3 Å². The van der Waals surface area contributed by atoms with Gasteiger partial charge in [-0.05, 0) is 30.2 Å². The molecule has 1 aromatic carbocycles. The average Bonchev–Trinajstić information content (AvgIpc) is 3.21. The fourth-order valence-corrected chi connectivity index (χ4v) is 5.97. The van der Waals surface area contributed by atoms with Gasteiger partial charge in [0.25, 0.3) is 0 Å². The molecule has 1 aliphatic carbocycles. The zero-order valence-electron chi connectivity index (χ0n) is 14.3. The predicted octanol–water partition coefficient (Wildman–Crippen LogP) is 2.21. The smallest absolute Gasteiger partial charge is 0.0956 e. The second-order valence-corrected chi connectivity index (χ2v) is 9.11. The van der Waals surface area contributed by atoms with Crippen molar-refractivity contribution in [2.75, 3.05) is 19.3 Å². The summed E-state index contributed by atoms with van der Waals surface area (Å²) in [7, 11) is -0.900. The van der Waals surface area contributed by atoms with Gasteiger partial charge in [-0.3, -0.25) is 0 Å². The Bertz CT molecular complexity index is 841. The van der Waals surface area contributed by atoms with Crippen LogP contribution in [0.3, 0.4) is 0 Å². The standard InChI is InChI=1S/C19H23N3O2S/c1-25(24)21-8-6-19(7-9-21)10-15(18(19)23)17-14-5-3-2-4-13(14)16-11-20-12-22(16)17/h2-5,11-12,15,17-18,23H,6-10H2,1H3. The molecule has 5 rings (SSSR count). The van der Waals surface area contributed by atoms with Gasteiger partial charge in [-0.25, -0.2) is 13.5 Å². The summed E-state index contributed by atoms with van der Waals surface area (Å²) < 4.78 is 15.9. The zero-order chi connectivity index (χ0) is 17.2. The van der Waals surface area contributed by atoms with Gasteiger partial charge in [0.15, 0.2) is 0 Å². The van der Waals surface area contributed by atoms with Crippen LogP contribution in [-0.4, -0.2) is 48.6 Å². The Balaban J connectivity index is 1.41. The molecule has 6 heteroatoms. The highest BCUT2D eigenvalue weighted by atomic mass is 32.2. The Labute approximate surface area is 150 Å². The maximum atomic E-state index is 11.7. The van der Waals surface area contributed by atoms with Crippen LogP contribution in [0.2, 0.25) is 0 Å². The molecule has 1 saturated carbocycles. The van der Waals surface area contributed by atoms with Crippen LogP contribution in [0.5, 0.6) is 0 Å². The van der Waals surface area contributed by atoms with Crippen molar-refractivity contribution in [3.8, 4) is 11.3 Å². The second kappa shape index (κ2) is 5.50. The molecule has 4 atom stereocenters. The Morgan fingerprint density at radius 2 is 2.04 bits per heavy atom. The van der Waals surface area contributed by atoms with Gasteiger partial charge in [-0.2, -0.15) is 0 Å². The molecule has 132 valence electrons. The number of benzene rings is 1. The molecule has 3 aliphatic rings. The highest BCUT2D eigenvalue weighted by molar-refractivity contribution is 7.81. The number of rotatable bonds is 2. The molecular formula is C19H23N3O2S. The summed E-state index contributed by atoms with van der Waals surface area (Å²) in [5, 5.41) is 11.1. The minimum atomic E-state index is -0.900. The lowest BCUT2D eigenvalue weighted by Gasteiger charge is -2.57. The van der Waals surface area contributed by atoms with Gasteiger partial charge in [0, 0.05) is 30.8 Å². The number of aliphatic hydroxyl groups is 1. The first-order chi connectivity index (χ1) is 12.1. The topological polar surface area (TPSA) is 58.4 Å². The Morgan fingerprint density at radius 1 is 1.28 bits per heavy atom. The van der Waals surface area contributed by atoms with Crippen LogP contribution in [0.25, 0.3) is 11.3 Å². The molecule has 0 radical (unpaired) electrons. The van der Waals surface area contributed by atoms with Crippen molar-refractivity contribution in [1.82, 2.24) is 13.9 Å². The van der Waals surface area contributed by atoms with E-state index in [1.165, 1.54) is 11.1 Å². The van der Waals surface area contributed by atoms with Crippen molar-refractivity contribution >= 4 is 11.0 Å². The van der Waals surface area contributed by atoms with Crippen molar-refractivity contribution in [3.05, 3.63) is 42.4 Å². The molecule has 2 fully saturated rings. The molecule has 1 aromatic heterocycles. The first kappa shape index (κ1) is 15.7. The molecule has 3 heterocycles. The summed E-state index contributed by atoms with van der Waals surface area (Å²) in [4.78, 5) is 4.33. The number of hydrogen-bond acceptors (Lipinski definition) is 3. The monoisotopic (exact) mass is 357 g/mol. The fourth-order valence-electron chi connectivity index (χ4n) is 5.28. The first-order valence-corrected chi connectivity index (χ1v) is 10.5. The van der Waals surface area contributed by atoms with Gasteiger partial charge < -0.3 is 9.67 Å². The van der Waals surface area contributed by atoms with E-state index in [1.54, 1.807) is 6.26 Å². The largest absolute Gasteiger partial charge is 0.392 e. The SMILES string of the molecule is CS(=O)N1CCC2(CC1)CC(C1c3ccccc3-c3cncn31)C2O. The molecule has 0 bridgehead atoms. The normalized spacial score (nSPS) is 31.4. The Hall–Kier alpha value is -1.50. The Morgan fingerprint density at radius 3 is 2.76 bits per heavy atom. The number of piperidine rings is 1. The molecule has 4 unspecified atom stereocenters. The number of hydrogen-bond donors (Lipinski definition) is 1. The second-order valence-electron chi connectivity index (χ2n) is 7.75. The number of fused-ring (bicyclic) bond motifs is 3. The third kappa shape index (κ3) is 2.14. The van der Waals surface area contributed by atoms with Gasteiger partial charge in [0.2, 0.25) is 0 Å². The maximum absolute atomic E-state index is 11.7. The van der Waals surface area contributed by atoms with Gasteiger partial charge >= 0.3 is 0 Å². The van der Waals surface area contributed by atoms with E-state index >= 15 is 0 Å². The number of imidazole rings is 1. The molecular weight excluding hydrogens is 334 g/mol. The molecule has 5 nitrogen and oxygen atoms in total. The summed E-state index contributed by atoms with van der Waals surface area (Å²) in [6.45, 7) is 1.65. The van der Waals surface area contributed by atoms with E-state index in [2.05, 4.69) is 33.8 Å². The number of aromatic nitrogens is 2. The predicted molar refractivity (Wildman–Crippen MR) is 97.2 cm³/mol. The lowest BCUT2D eigenvalue weighted by atomic mass is 9.53. The summed E-state index contributed by atoms with van der Waals surface area (Å²) in [5.74, 6) is 0.232. The summed E-state index contributed by atoms with van der Waals surface area (Å²) >= 11 is 0. The van der Waals surface area contributed by atoms with Crippen molar-refractivity contribution in [2.45, 2.75) is 31.4 Å². The summed E-state index contributed by atoms with van der Waals surface area (Å²) in [5.41, 5.74) is 3.73. The molecule has 1 N–H and O–H groups in total. The zero-order valence-corrected chi connectivity index (χ0v) is 15.2. The van der Waals surface area contributed by atoms with E-state index < -0.39 is 11.0 Å². The molecule has 2 aromatic rings. The van der Waals surface area contributed by atoms with Crippen LogP contribution in [-0.2, 0) is 11.0 Å². The summed E-state index contributed by atoms with van der Waals surface area (Å²) in [6.07, 6.45) is 8.19. The average molecular weight is 357 g/mol. The van der Waals surface area contributed by atoms with Crippen LogP contribution >= 0.6 is 0 Å². The number of nitrogens with zero attached hydrogens (tertiary/aromatic N) is 3. The van der Waals surface area contributed by atoms with Crippen LogP contribution in [0, 0.1) is 11.3 Å². The first-order valence-electron chi connectivity index (χ1n) is 8.98. The molecule has 1 saturated heterocycles. The lowest BCUT2D eigenvalue weighted by molar-refractivity contribution is -0.152. The quantitative estimate of drug-likeness (QED) is 0.896. The van der Waals surface area contributed by atoms with Crippen molar-refractivity contribution < 1.29 is 9.32 Å². The van der Waals surface area contributed by atoms with Crippen LogP contribution in [0.4, 0.5) is 0 Å². The lowest BCUT2D eigenvalue weighted by Crippen LogP contribution is -2.59. The highest BCUT2D eigenvalue weighted by Gasteiger charge is 2.57. The van der Waals surface area contributed by atoms with Gasteiger partial charge in [-0.1, -0.05) is 24.3 Å². The van der Waals surface area contributed by atoms with Crippen LogP contribution < -0.4 is 0 Å². The van der Waals surface area contributed by atoms with E-state index in [0.717, 1.165) is 38.0 Å². The van der Waals surface area contributed by atoms with Crippen LogP contribution in [0.1, 0.15) is 30.9 Å². The highest BCUT2D eigenvalue weighted by Crippen LogP contribution is 2.59. The third-order valence-electron chi connectivity index (χ3n) is 6.68. The maximum Gasteiger partial charge on any atom is 0.0956 e. The minimum absolute atomic E-state index is 0.0127. The molecule has 25 heavy (non-hydrogen) atoms.